The van der Waals surface area contributed by atoms with Gasteiger partial charge in [0.05, 0.1) is 6.33 Å². The highest BCUT2D eigenvalue weighted by atomic mass is 35.5. The van der Waals surface area contributed by atoms with E-state index < -0.39 is 0 Å². The van der Waals surface area contributed by atoms with E-state index in [-0.39, 0.29) is 11.5 Å². The Labute approximate surface area is 117 Å². The number of nitrogens with zero attached hydrogens (tertiary/aromatic N) is 4. The standard InChI is InChI=1S/C10H12ClN5O.C2H6/c11-10-14-8(12)7-9(15-10)16(5-13-7)6-3-1-2-4-17-6;1-2/h5-6H,1-4H2,(H2,12,14,15);1-2H3. The highest BCUT2D eigenvalue weighted by Crippen LogP contribution is 2.27. The number of anilines is 1. The number of aromatic nitrogens is 4. The van der Waals surface area contributed by atoms with Crippen molar-refractivity contribution in [3.05, 3.63) is 11.6 Å². The van der Waals surface area contributed by atoms with Gasteiger partial charge < -0.3 is 10.5 Å². The smallest absolute Gasteiger partial charge is 0.226 e. The Hall–Kier alpha value is -1.40. The summed E-state index contributed by atoms with van der Waals surface area (Å²) in [6.45, 7) is 4.76. The van der Waals surface area contributed by atoms with E-state index in [1.165, 1.54) is 0 Å². The quantitative estimate of drug-likeness (QED) is 0.814. The van der Waals surface area contributed by atoms with E-state index in [9.17, 15) is 0 Å². The minimum atomic E-state index is -0.0286. The molecule has 1 saturated heterocycles. The molecule has 3 rings (SSSR count). The number of fused-ring (bicyclic) bond motifs is 1. The Morgan fingerprint density at radius 2 is 2.16 bits per heavy atom. The predicted octanol–water partition coefficient (Wildman–Crippen LogP) is 2.79. The van der Waals surface area contributed by atoms with E-state index in [2.05, 4.69) is 15.0 Å². The van der Waals surface area contributed by atoms with Gasteiger partial charge in [0.25, 0.3) is 0 Å². The van der Waals surface area contributed by atoms with E-state index in [0.29, 0.717) is 17.0 Å². The van der Waals surface area contributed by atoms with E-state index >= 15 is 0 Å². The van der Waals surface area contributed by atoms with Crippen molar-refractivity contribution < 1.29 is 4.74 Å². The lowest BCUT2D eigenvalue weighted by Gasteiger charge is -2.23. The Morgan fingerprint density at radius 3 is 2.84 bits per heavy atom. The third-order valence-corrected chi connectivity index (χ3v) is 3.06. The van der Waals surface area contributed by atoms with Crippen molar-refractivity contribution in [1.82, 2.24) is 19.5 Å². The molecular formula is C12H18ClN5O. The summed E-state index contributed by atoms with van der Waals surface area (Å²) in [5, 5.41) is 0.132. The highest BCUT2D eigenvalue weighted by Gasteiger charge is 2.20. The van der Waals surface area contributed by atoms with Gasteiger partial charge in [-0.2, -0.15) is 9.97 Å². The molecule has 1 atom stereocenters. The average molecular weight is 284 g/mol. The van der Waals surface area contributed by atoms with E-state index in [0.717, 1.165) is 25.9 Å². The van der Waals surface area contributed by atoms with Crippen molar-refractivity contribution in [2.45, 2.75) is 39.3 Å². The number of halogens is 1. The number of imidazole rings is 1. The molecule has 7 heteroatoms. The maximum Gasteiger partial charge on any atom is 0.226 e. The number of hydrogen-bond donors (Lipinski definition) is 1. The molecule has 1 unspecified atom stereocenters. The van der Waals surface area contributed by atoms with Crippen LogP contribution in [0.2, 0.25) is 5.28 Å². The summed E-state index contributed by atoms with van der Waals surface area (Å²) < 4.78 is 7.56. The third-order valence-electron chi connectivity index (χ3n) is 2.89. The van der Waals surface area contributed by atoms with Gasteiger partial charge in [0.15, 0.2) is 11.5 Å². The van der Waals surface area contributed by atoms with E-state index in [4.69, 9.17) is 22.1 Å². The summed E-state index contributed by atoms with van der Waals surface area (Å²) in [5.41, 5.74) is 6.95. The summed E-state index contributed by atoms with van der Waals surface area (Å²) in [5.74, 6) is 0.301. The molecule has 1 aliphatic rings. The Morgan fingerprint density at radius 1 is 1.37 bits per heavy atom. The van der Waals surface area contributed by atoms with Crippen LogP contribution in [0.25, 0.3) is 11.2 Å². The van der Waals surface area contributed by atoms with Crippen molar-refractivity contribution in [2.24, 2.45) is 0 Å². The van der Waals surface area contributed by atoms with Crippen LogP contribution in [0.4, 0.5) is 5.82 Å². The second kappa shape index (κ2) is 6.16. The molecule has 0 saturated carbocycles. The minimum Gasteiger partial charge on any atom is -0.382 e. The Kier molecular flexibility index (Phi) is 4.55. The van der Waals surface area contributed by atoms with Crippen LogP contribution in [0.15, 0.2) is 6.33 Å². The molecule has 6 nitrogen and oxygen atoms in total. The van der Waals surface area contributed by atoms with Crippen LogP contribution in [-0.4, -0.2) is 26.1 Å². The fourth-order valence-corrected chi connectivity index (χ4v) is 2.24. The van der Waals surface area contributed by atoms with E-state index in [1.54, 1.807) is 6.33 Å². The summed E-state index contributed by atoms with van der Waals surface area (Å²) in [6, 6.07) is 0. The van der Waals surface area contributed by atoms with Crippen molar-refractivity contribution in [3.8, 4) is 0 Å². The van der Waals surface area contributed by atoms with Crippen LogP contribution in [0.1, 0.15) is 39.3 Å². The van der Waals surface area contributed by atoms with Crippen LogP contribution in [0.5, 0.6) is 0 Å². The molecule has 3 heterocycles. The van der Waals surface area contributed by atoms with Gasteiger partial charge >= 0.3 is 0 Å². The molecule has 0 aromatic carbocycles. The molecule has 2 N–H and O–H groups in total. The van der Waals surface area contributed by atoms with Crippen molar-refractivity contribution >= 4 is 28.6 Å². The first-order valence-corrected chi connectivity index (χ1v) is 6.90. The van der Waals surface area contributed by atoms with Gasteiger partial charge in [-0.3, -0.25) is 4.57 Å². The van der Waals surface area contributed by atoms with Crippen LogP contribution >= 0.6 is 11.6 Å². The number of ether oxygens (including phenoxy) is 1. The van der Waals surface area contributed by atoms with Gasteiger partial charge in [-0.25, -0.2) is 4.98 Å². The molecule has 2 aromatic rings. The fourth-order valence-electron chi connectivity index (χ4n) is 2.06. The van der Waals surface area contributed by atoms with Crippen LogP contribution < -0.4 is 5.73 Å². The zero-order chi connectivity index (χ0) is 13.8. The van der Waals surface area contributed by atoms with Crippen LogP contribution in [0, 0.1) is 0 Å². The maximum atomic E-state index is 5.81. The zero-order valence-corrected chi connectivity index (χ0v) is 11.9. The SMILES string of the molecule is CC.Nc1nc(Cl)nc2c1ncn2C1CCCCO1. The molecule has 0 amide bonds. The van der Waals surface area contributed by atoms with Gasteiger partial charge in [-0.1, -0.05) is 13.8 Å². The van der Waals surface area contributed by atoms with E-state index in [1.807, 2.05) is 18.4 Å². The topological polar surface area (TPSA) is 78.9 Å². The van der Waals surface area contributed by atoms with Gasteiger partial charge in [0.2, 0.25) is 5.28 Å². The normalized spacial score (nSPS) is 19.0. The summed E-state index contributed by atoms with van der Waals surface area (Å²) in [6.07, 6.45) is 4.84. The molecule has 0 radical (unpaired) electrons. The molecule has 0 spiro atoms. The summed E-state index contributed by atoms with van der Waals surface area (Å²) in [7, 11) is 0. The zero-order valence-electron chi connectivity index (χ0n) is 11.1. The van der Waals surface area contributed by atoms with Crippen molar-refractivity contribution in [1.29, 1.82) is 0 Å². The molecule has 2 aromatic heterocycles. The van der Waals surface area contributed by atoms with Crippen molar-refractivity contribution in [2.75, 3.05) is 12.3 Å². The molecule has 19 heavy (non-hydrogen) atoms. The van der Waals surface area contributed by atoms with Gasteiger partial charge in [0.1, 0.15) is 11.7 Å². The van der Waals surface area contributed by atoms with Gasteiger partial charge in [-0.05, 0) is 30.9 Å². The number of nitrogens with two attached hydrogens (primary N) is 1. The summed E-state index contributed by atoms with van der Waals surface area (Å²) in [4.78, 5) is 12.3. The molecule has 104 valence electrons. The molecule has 0 aliphatic carbocycles. The second-order valence-corrected chi connectivity index (χ2v) is 4.36. The van der Waals surface area contributed by atoms with Crippen LogP contribution in [0.3, 0.4) is 0 Å². The largest absolute Gasteiger partial charge is 0.382 e. The number of nitrogen functional groups attached to an aromatic ring is 1. The van der Waals surface area contributed by atoms with Gasteiger partial charge in [-0.15, -0.1) is 0 Å². The number of rotatable bonds is 1. The summed E-state index contributed by atoms with van der Waals surface area (Å²) >= 11 is 5.81. The first-order chi connectivity index (χ1) is 9.25. The average Bonchev–Trinajstić information content (AvgIpc) is 2.86. The molecule has 1 fully saturated rings. The van der Waals surface area contributed by atoms with Crippen molar-refractivity contribution in [3.63, 3.8) is 0 Å². The third kappa shape index (κ3) is 2.79. The second-order valence-electron chi connectivity index (χ2n) is 4.02. The monoisotopic (exact) mass is 283 g/mol. The first-order valence-electron chi connectivity index (χ1n) is 6.53. The molecule has 0 bridgehead atoms. The minimum absolute atomic E-state index is 0.0286. The fraction of sp³-hybridized carbons (Fsp3) is 0.583. The van der Waals surface area contributed by atoms with Crippen LogP contribution in [-0.2, 0) is 4.74 Å². The first kappa shape index (κ1) is 14.0. The molecular weight excluding hydrogens is 266 g/mol. The van der Waals surface area contributed by atoms with Gasteiger partial charge in [0, 0.05) is 6.61 Å². The number of hydrogen-bond acceptors (Lipinski definition) is 5. The lowest BCUT2D eigenvalue weighted by molar-refractivity contribution is -0.0298. The highest BCUT2D eigenvalue weighted by molar-refractivity contribution is 6.28. The lowest BCUT2D eigenvalue weighted by Crippen LogP contribution is -2.17. The molecule has 1 aliphatic heterocycles. The Balaban J connectivity index is 0.000000637. The maximum absolute atomic E-state index is 5.81. The lowest BCUT2D eigenvalue weighted by atomic mass is 10.2. The predicted molar refractivity (Wildman–Crippen MR) is 74.9 cm³/mol. The Bertz CT molecular complexity index is 550.